The number of halogens is 4. The van der Waals surface area contributed by atoms with Gasteiger partial charge in [0, 0.05) is 17.1 Å². The lowest BCUT2D eigenvalue weighted by molar-refractivity contribution is -0.137. The minimum Gasteiger partial charge on any atom is -0.320 e. The fraction of sp³-hybridized carbons (Fsp3) is 0.526. The molecule has 160 valence electrons. The van der Waals surface area contributed by atoms with E-state index in [1.165, 1.54) is 11.3 Å². The van der Waals surface area contributed by atoms with E-state index in [9.17, 15) is 21.6 Å². The van der Waals surface area contributed by atoms with Gasteiger partial charge in [0.2, 0.25) is 4.80 Å². The summed E-state index contributed by atoms with van der Waals surface area (Å²) >= 11 is 7.18. The summed E-state index contributed by atoms with van der Waals surface area (Å²) in [6.07, 6.45) is -2.54. The van der Waals surface area contributed by atoms with Gasteiger partial charge in [-0.05, 0) is 49.3 Å². The second-order valence-electron chi connectivity index (χ2n) is 8.31. The molecular formula is C19H22ClF3N2O2S2. The summed E-state index contributed by atoms with van der Waals surface area (Å²) in [6.45, 7) is 8.63. The predicted molar refractivity (Wildman–Crippen MR) is 108 cm³/mol. The molecule has 0 N–H and O–H groups in total. The number of thiazole rings is 1. The van der Waals surface area contributed by atoms with Gasteiger partial charge in [-0.1, -0.05) is 32.4 Å². The molecular weight excluding hydrogens is 445 g/mol. The molecule has 0 aliphatic heterocycles. The summed E-state index contributed by atoms with van der Waals surface area (Å²) in [5.74, 6) is 0.468. The van der Waals surface area contributed by atoms with Crippen molar-refractivity contribution in [2.75, 3.05) is 0 Å². The van der Waals surface area contributed by atoms with Gasteiger partial charge >= 0.3 is 6.18 Å². The number of aromatic nitrogens is 1. The van der Waals surface area contributed by atoms with Crippen molar-refractivity contribution >= 4 is 33.0 Å². The third-order valence-electron chi connectivity index (χ3n) is 4.71. The van der Waals surface area contributed by atoms with E-state index in [4.69, 9.17) is 11.6 Å². The lowest BCUT2D eigenvalue weighted by Gasteiger charge is -2.17. The van der Waals surface area contributed by atoms with Crippen molar-refractivity contribution in [2.45, 2.75) is 63.6 Å². The van der Waals surface area contributed by atoms with Crippen LogP contribution in [0, 0.1) is 12.8 Å². The van der Waals surface area contributed by atoms with E-state index in [2.05, 4.69) is 4.40 Å². The molecule has 1 saturated carbocycles. The number of sulfonamides is 1. The largest absolute Gasteiger partial charge is 0.416 e. The molecule has 3 rings (SSSR count). The Hall–Kier alpha value is -1.32. The summed E-state index contributed by atoms with van der Waals surface area (Å²) < 4.78 is 70.7. The van der Waals surface area contributed by atoms with E-state index in [0.717, 1.165) is 35.5 Å². The normalized spacial score (nSPS) is 16.5. The summed E-state index contributed by atoms with van der Waals surface area (Å²) in [6, 6.07) is 2.23. The minimum absolute atomic E-state index is 0.217. The Balaban J connectivity index is 2.19. The van der Waals surface area contributed by atoms with Gasteiger partial charge in [0.1, 0.15) is 4.90 Å². The van der Waals surface area contributed by atoms with Crippen molar-refractivity contribution in [2.24, 2.45) is 10.3 Å². The Morgan fingerprint density at radius 2 is 1.86 bits per heavy atom. The van der Waals surface area contributed by atoms with Crippen molar-refractivity contribution < 1.29 is 21.6 Å². The van der Waals surface area contributed by atoms with E-state index >= 15 is 0 Å². The lowest BCUT2D eigenvalue weighted by atomic mass is 9.93. The van der Waals surface area contributed by atoms with Crippen LogP contribution < -0.4 is 4.80 Å². The molecule has 4 nitrogen and oxygen atoms in total. The molecule has 1 aliphatic rings. The maximum Gasteiger partial charge on any atom is 0.416 e. The highest BCUT2D eigenvalue weighted by Gasteiger charge is 2.33. The average molecular weight is 467 g/mol. The van der Waals surface area contributed by atoms with Gasteiger partial charge < -0.3 is 4.57 Å². The van der Waals surface area contributed by atoms with Crippen molar-refractivity contribution in [3.05, 3.63) is 44.2 Å². The van der Waals surface area contributed by atoms with Gasteiger partial charge in [-0.2, -0.15) is 21.6 Å². The standard InChI is InChI=1S/C19H22ClF3N2O2S2/c1-11-16(18(2,3)4)28-17(25(11)10-12-5-6-12)24-29(26,27)15-9-13(19(21,22)23)7-8-14(15)20/h7-9,12H,5-6,10H2,1-4H3. The van der Waals surface area contributed by atoms with Gasteiger partial charge in [-0.25, -0.2) is 0 Å². The second kappa shape index (κ2) is 7.42. The van der Waals surface area contributed by atoms with E-state index in [1.54, 1.807) is 0 Å². The second-order valence-corrected chi connectivity index (χ2v) is 11.3. The smallest absolute Gasteiger partial charge is 0.320 e. The summed E-state index contributed by atoms with van der Waals surface area (Å²) in [5.41, 5.74) is -0.372. The topological polar surface area (TPSA) is 51.4 Å². The van der Waals surface area contributed by atoms with Crippen LogP contribution in [-0.2, 0) is 28.2 Å². The number of hydrogen-bond donors (Lipinski definition) is 0. The molecule has 2 aromatic rings. The molecule has 29 heavy (non-hydrogen) atoms. The molecule has 0 amide bonds. The van der Waals surface area contributed by atoms with Crippen molar-refractivity contribution in [1.82, 2.24) is 4.57 Å². The van der Waals surface area contributed by atoms with E-state index < -0.39 is 26.7 Å². The Morgan fingerprint density at radius 3 is 2.38 bits per heavy atom. The monoisotopic (exact) mass is 466 g/mol. The molecule has 0 atom stereocenters. The van der Waals surface area contributed by atoms with Crippen molar-refractivity contribution in [3.8, 4) is 0 Å². The molecule has 1 aromatic carbocycles. The van der Waals surface area contributed by atoms with E-state index in [0.29, 0.717) is 18.5 Å². The number of benzene rings is 1. The van der Waals surface area contributed by atoms with Crippen molar-refractivity contribution in [1.29, 1.82) is 0 Å². The first-order valence-electron chi connectivity index (χ1n) is 9.08. The molecule has 0 saturated heterocycles. The van der Waals surface area contributed by atoms with Gasteiger partial charge in [0.15, 0.2) is 0 Å². The zero-order valence-electron chi connectivity index (χ0n) is 16.5. The summed E-state index contributed by atoms with van der Waals surface area (Å²) in [4.78, 5) is 0.602. The highest BCUT2D eigenvalue weighted by Crippen LogP contribution is 2.35. The zero-order valence-corrected chi connectivity index (χ0v) is 18.9. The molecule has 10 heteroatoms. The van der Waals surface area contributed by atoms with Crippen LogP contribution in [0.15, 0.2) is 27.5 Å². The molecule has 1 heterocycles. The van der Waals surface area contributed by atoms with E-state index in [1.807, 2.05) is 32.3 Å². The van der Waals surface area contributed by atoms with Crippen LogP contribution in [0.3, 0.4) is 0 Å². The molecule has 0 bridgehead atoms. The molecule has 0 radical (unpaired) electrons. The van der Waals surface area contributed by atoms with Crippen LogP contribution in [0.2, 0.25) is 5.02 Å². The molecule has 1 aromatic heterocycles. The molecule has 1 fully saturated rings. The number of nitrogens with zero attached hydrogens (tertiary/aromatic N) is 2. The Labute approximate surface area is 177 Å². The highest BCUT2D eigenvalue weighted by molar-refractivity contribution is 7.90. The third-order valence-corrected chi connectivity index (χ3v) is 8.18. The lowest BCUT2D eigenvalue weighted by Crippen LogP contribution is -2.20. The SMILES string of the molecule is Cc1c(C(C)(C)C)sc(=NS(=O)(=O)c2cc(C(F)(F)F)ccc2Cl)n1CC1CC1. The van der Waals surface area contributed by atoms with Gasteiger partial charge in [-0.3, -0.25) is 0 Å². The third kappa shape index (κ3) is 4.88. The highest BCUT2D eigenvalue weighted by atomic mass is 35.5. The van der Waals surface area contributed by atoms with Crippen LogP contribution in [0.5, 0.6) is 0 Å². The van der Waals surface area contributed by atoms with Gasteiger partial charge in [-0.15, -0.1) is 15.7 Å². The molecule has 0 unspecified atom stereocenters. The summed E-state index contributed by atoms with van der Waals surface area (Å²) in [5, 5.41) is -0.292. The first kappa shape index (κ1) is 22.4. The maximum absolute atomic E-state index is 13.0. The van der Waals surface area contributed by atoms with Crippen LogP contribution in [-0.4, -0.2) is 13.0 Å². The quantitative estimate of drug-likeness (QED) is 0.595. The van der Waals surface area contributed by atoms with E-state index in [-0.39, 0.29) is 15.2 Å². The average Bonchev–Trinajstić information content (AvgIpc) is 3.32. The minimum atomic E-state index is -4.68. The van der Waals surface area contributed by atoms with Crippen LogP contribution in [0.4, 0.5) is 13.2 Å². The Kier molecular flexibility index (Phi) is 5.73. The number of alkyl halides is 3. The maximum atomic E-state index is 13.0. The number of hydrogen-bond acceptors (Lipinski definition) is 3. The molecule has 1 aliphatic carbocycles. The van der Waals surface area contributed by atoms with Gasteiger partial charge in [0.25, 0.3) is 10.0 Å². The fourth-order valence-corrected chi connectivity index (χ4v) is 5.97. The van der Waals surface area contributed by atoms with Crippen LogP contribution in [0.25, 0.3) is 0 Å². The predicted octanol–water partition coefficient (Wildman–Crippen LogP) is 5.53. The van der Waals surface area contributed by atoms with Gasteiger partial charge in [0.05, 0.1) is 10.6 Å². The number of rotatable bonds is 4. The molecule has 0 spiro atoms. The van der Waals surface area contributed by atoms with Crippen LogP contribution in [0.1, 0.15) is 49.7 Å². The van der Waals surface area contributed by atoms with Crippen molar-refractivity contribution in [3.63, 3.8) is 0 Å². The fourth-order valence-electron chi connectivity index (χ4n) is 3.05. The first-order valence-corrected chi connectivity index (χ1v) is 11.7. The van der Waals surface area contributed by atoms with Crippen LogP contribution >= 0.6 is 22.9 Å². The Morgan fingerprint density at radius 1 is 1.24 bits per heavy atom. The Bertz CT molecular complexity index is 1110. The first-order chi connectivity index (χ1) is 13.2. The zero-order chi connectivity index (χ0) is 21.8. The summed E-state index contributed by atoms with van der Waals surface area (Å²) in [7, 11) is -4.43.